The Morgan fingerprint density at radius 2 is 1.81 bits per heavy atom. The summed E-state index contributed by atoms with van der Waals surface area (Å²) >= 11 is 1.25. The summed E-state index contributed by atoms with van der Waals surface area (Å²) in [6, 6.07) is -0.475. The Morgan fingerprint density at radius 1 is 1.12 bits per heavy atom. The van der Waals surface area contributed by atoms with Crippen LogP contribution in [0.15, 0.2) is 29.9 Å². The molecule has 19 heteroatoms. The van der Waals surface area contributed by atoms with E-state index < -0.39 is 15.8 Å². The van der Waals surface area contributed by atoms with Crippen molar-refractivity contribution in [3.05, 3.63) is 47.4 Å². The number of aryl methyl sites for hydroxylation is 1. The van der Waals surface area contributed by atoms with Gasteiger partial charge in [-0.2, -0.15) is 9.61 Å². The van der Waals surface area contributed by atoms with E-state index in [9.17, 15) is 18.0 Å². The van der Waals surface area contributed by atoms with Crippen molar-refractivity contribution in [2.24, 2.45) is 0 Å². The number of carbonyl (C=O) groups excluding carboxylic acids is 2. The van der Waals surface area contributed by atoms with E-state index in [1.165, 1.54) is 34.7 Å². The zero-order valence-corrected chi connectivity index (χ0v) is 25.2. The molecule has 0 saturated heterocycles. The van der Waals surface area contributed by atoms with Gasteiger partial charge < -0.3 is 25.3 Å². The molecule has 5 aromatic rings. The van der Waals surface area contributed by atoms with Gasteiger partial charge in [0.15, 0.2) is 15.5 Å². The smallest absolute Gasteiger partial charge is 0.376 e. The molecule has 0 unspecified atom stereocenters. The Balaban J connectivity index is 1.43. The second-order valence-electron chi connectivity index (χ2n) is 9.90. The normalized spacial score (nSPS) is 12.6. The number of amides is 1. The molecule has 43 heavy (non-hydrogen) atoms. The van der Waals surface area contributed by atoms with E-state index in [2.05, 4.69) is 40.4 Å². The van der Waals surface area contributed by atoms with Crippen LogP contribution in [0.1, 0.15) is 59.1 Å². The summed E-state index contributed by atoms with van der Waals surface area (Å²) in [4.78, 5) is 41.7. The maximum absolute atomic E-state index is 13.1. The third-order valence-corrected chi connectivity index (χ3v) is 8.71. The van der Waals surface area contributed by atoms with Gasteiger partial charge in [-0.3, -0.25) is 4.79 Å². The first-order valence-corrected chi connectivity index (χ1v) is 15.7. The monoisotopic (exact) mass is 628 g/mol. The molecular weight excluding hydrogens is 600 g/mol. The number of nitrogens with zero attached hydrogens (tertiary/aromatic N) is 9. The molecule has 1 atom stereocenters. The van der Waals surface area contributed by atoms with Crippen molar-refractivity contribution in [1.82, 2.24) is 54.8 Å². The summed E-state index contributed by atoms with van der Waals surface area (Å²) in [5.74, 6) is -0.990. The molecule has 4 N–H and O–H groups in total. The van der Waals surface area contributed by atoms with Crippen LogP contribution in [0.5, 0.6) is 0 Å². The summed E-state index contributed by atoms with van der Waals surface area (Å²) in [6.45, 7) is 5.53. The van der Waals surface area contributed by atoms with E-state index in [1.807, 2.05) is 20.8 Å². The van der Waals surface area contributed by atoms with Gasteiger partial charge in [-0.05, 0) is 33.6 Å². The van der Waals surface area contributed by atoms with Gasteiger partial charge in [0.1, 0.15) is 35.0 Å². The highest BCUT2D eigenvalue weighted by molar-refractivity contribution is 7.91. The lowest BCUT2D eigenvalue weighted by atomic mass is 10.1. The lowest BCUT2D eigenvalue weighted by molar-refractivity contribution is 0.0458. The van der Waals surface area contributed by atoms with Crippen LogP contribution in [0.3, 0.4) is 0 Å². The van der Waals surface area contributed by atoms with Gasteiger partial charge in [-0.15, -0.1) is 31.7 Å². The second kappa shape index (κ2) is 11.8. The van der Waals surface area contributed by atoms with E-state index in [-0.39, 0.29) is 59.1 Å². The zero-order valence-electron chi connectivity index (χ0n) is 23.5. The number of nitrogen functional groups attached to an aromatic ring is 1. The minimum atomic E-state index is -3.80. The molecule has 0 aliphatic heterocycles. The van der Waals surface area contributed by atoms with Crippen LogP contribution in [0.4, 0.5) is 5.82 Å². The van der Waals surface area contributed by atoms with Crippen LogP contribution < -0.4 is 5.73 Å². The maximum Gasteiger partial charge on any atom is 0.376 e. The number of sulfone groups is 1. The van der Waals surface area contributed by atoms with Crippen molar-refractivity contribution in [3.8, 4) is 10.4 Å². The standard InChI is InChI=1S/C24H28N12O5S2/c1-12(2)35(23(37)20-27-10-29-33-20)13(3)5-6-15-18(43(4,39)40)19(25)36-22(32-15)14(7-31-36)16-8-26-17(42-16)9-41-24(38)21-28-11-30-34-21/h7-8,10-13H,5-6,9,25H2,1-4H3,(H,27,29,33)(H,28,30,34)/t13-/m1/s1. The van der Waals surface area contributed by atoms with Crippen LogP contribution in [0, 0.1) is 0 Å². The number of esters is 1. The summed E-state index contributed by atoms with van der Waals surface area (Å²) in [5, 5.41) is 19.5. The number of H-pyrrole nitrogens is 2. The molecule has 0 aliphatic carbocycles. The molecule has 0 aliphatic rings. The van der Waals surface area contributed by atoms with Crippen LogP contribution in [-0.4, -0.2) is 93.5 Å². The van der Waals surface area contributed by atoms with E-state index in [1.54, 1.807) is 11.1 Å². The third kappa shape index (κ3) is 6.07. The van der Waals surface area contributed by atoms with Gasteiger partial charge in [0.05, 0.1) is 22.3 Å². The van der Waals surface area contributed by atoms with Crippen molar-refractivity contribution in [1.29, 1.82) is 0 Å². The number of hydrogen-bond acceptors (Lipinski definition) is 14. The summed E-state index contributed by atoms with van der Waals surface area (Å²) in [6.07, 6.45) is 7.35. The first kappa shape index (κ1) is 29.7. The fraction of sp³-hybridized carbons (Fsp3) is 0.375. The number of aromatic nitrogens is 10. The molecule has 5 aromatic heterocycles. The lowest BCUT2D eigenvalue weighted by Crippen LogP contribution is -2.44. The summed E-state index contributed by atoms with van der Waals surface area (Å²) in [5.41, 5.74) is 7.52. The van der Waals surface area contributed by atoms with Crippen molar-refractivity contribution in [2.75, 3.05) is 12.0 Å². The quantitative estimate of drug-likeness (QED) is 0.175. The number of ether oxygens (including phenoxy) is 1. The van der Waals surface area contributed by atoms with E-state index in [0.29, 0.717) is 27.5 Å². The van der Waals surface area contributed by atoms with Crippen molar-refractivity contribution >= 4 is 44.5 Å². The molecule has 0 fully saturated rings. The SMILES string of the molecule is CC(C)N(C(=O)c1nnc[nH]1)[C@H](C)CCc1nc2c(-c3cnc(COC(=O)c4nnc[nH]4)s3)cnn2c(N)c1S(C)(=O)=O. The number of rotatable bonds is 11. The third-order valence-electron chi connectivity index (χ3n) is 6.52. The number of thiazole rings is 1. The maximum atomic E-state index is 13.1. The van der Waals surface area contributed by atoms with E-state index in [0.717, 1.165) is 6.26 Å². The lowest BCUT2D eigenvalue weighted by Gasteiger charge is -2.32. The summed E-state index contributed by atoms with van der Waals surface area (Å²) in [7, 11) is -3.80. The highest BCUT2D eigenvalue weighted by Gasteiger charge is 2.29. The predicted molar refractivity (Wildman–Crippen MR) is 153 cm³/mol. The number of aromatic amines is 2. The van der Waals surface area contributed by atoms with Gasteiger partial charge in [0.25, 0.3) is 5.91 Å². The van der Waals surface area contributed by atoms with E-state index in [4.69, 9.17) is 15.5 Å². The van der Waals surface area contributed by atoms with Crippen LogP contribution >= 0.6 is 11.3 Å². The summed E-state index contributed by atoms with van der Waals surface area (Å²) < 4.78 is 32.2. The number of carbonyl (C=O) groups is 2. The minimum absolute atomic E-state index is 0.0264. The molecule has 0 aromatic carbocycles. The molecule has 226 valence electrons. The Bertz CT molecular complexity index is 1860. The van der Waals surface area contributed by atoms with Gasteiger partial charge in [-0.1, -0.05) is 0 Å². The molecule has 0 radical (unpaired) electrons. The topological polar surface area (TPSA) is 233 Å². The fourth-order valence-electron chi connectivity index (χ4n) is 4.66. The number of anilines is 1. The van der Waals surface area contributed by atoms with Gasteiger partial charge >= 0.3 is 5.97 Å². The van der Waals surface area contributed by atoms with Crippen LogP contribution in [0.2, 0.25) is 0 Å². The molecular formula is C24H28N12O5S2. The fourth-order valence-corrected chi connectivity index (χ4v) is 6.54. The Hall–Kier alpha value is -4.78. The number of nitrogens with one attached hydrogen (secondary N) is 2. The molecule has 5 heterocycles. The first-order valence-electron chi connectivity index (χ1n) is 13.0. The Labute approximate surface area is 248 Å². The molecule has 17 nitrogen and oxygen atoms in total. The number of fused-ring (bicyclic) bond motifs is 1. The van der Waals surface area contributed by atoms with Crippen LogP contribution in [0.25, 0.3) is 16.1 Å². The predicted octanol–water partition coefficient (Wildman–Crippen LogP) is 1.30. The molecule has 0 bridgehead atoms. The van der Waals surface area contributed by atoms with Crippen molar-refractivity contribution in [3.63, 3.8) is 0 Å². The molecule has 0 saturated carbocycles. The number of hydrogen-bond donors (Lipinski definition) is 3. The zero-order chi connectivity index (χ0) is 30.9. The Kier molecular flexibility index (Phi) is 8.18. The first-order chi connectivity index (χ1) is 20.5. The van der Waals surface area contributed by atoms with E-state index >= 15 is 0 Å². The average Bonchev–Trinajstić information content (AvgIpc) is 3.76. The molecule has 5 rings (SSSR count). The minimum Gasteiger partial charge on any atom is -0.452 e. The van der Waals surface area contributed by atoms with Crippen molar-refractivity contribution in [2.45, 2.75) is 57.2 Å². The molecule has 1 amide bonds. The number of nitrogens with two attached hydrogens (primary N) is 1. The second-order valence-corrected chi connectivity index (χ2v) is 13.0. The molecule has 0 spiro atoms. The van der Waals surface area contributed by atoms with Gasteiger partial charge in [0, 0.05) is 24.5 Å². The highest BCUT2D eigenvalue weighted by atomic mass is 32.2. The highest BCUT2D eigenvalue weighted by Crippen LogP contribution is 2.33. The average molecular weight is 629 g/mol. The van der Waals surface area contributed by atoms with Crippen LogP contribution in [-0.2, 0) is 27.6 Å². The largest absolute Gasteiger partial charge is 0.452 e. The Morgan fingerprint density at radius 3 is 2.44 bits per heavy atom. The van der Waals surface area contributed by atoms with Gasteiger partial charge in [0.2, 0.25) is 11.6 Å². The van der Waals surface area contributed by atoms with Crippen molar-refractivity contribution < 1.29 is 22.7 Å². The van der Waals surface area contributed by atoms with Gasteiger partial charge in [-0.25, -0.2) is 23.2 Å².